The van der Waals surface area contributed by atoms with E-state index in [2.05, 4.69) is 0 Å². The second-order valence-corrected chi connectivity index (χ2v) is 4.82. The van der Waals surface area contributed by atoms with Crippen molar-refractivity contribution in [3.05, 3.63) is 52.8 Å². The molecule has 21 heavy (non-hydrogen) atoms. The van der Waals surface area contributed by atoms with Crippen molar-refractivity contribution in [2.45, 2.75) is 27.2 Å². The number of carbonyl (C=O) groups is 2. The molecule has 2 rings (SSSR count). The molecule has 0 atom stereocenters. The predicted octanol–water partition coefficient (Wildman–Crippen LogP) is 3.24. The summed E-state index contributed by atoms with van der Waals surface area (Å²) in [4.78, 5) is 23.5. The molecule has 0 spiro atoms. The molecule has 0 fully saturated rings. The third kappa shape index (κ3) is 3.21. The van der Waals surface area contributed by atoms with Crippen LogP contribution in [-0.2, 0) is 19.1 Å². The van der Waals surface area contributed by atoms with Crippen LogP contribution in [0.25, 0.3) is 5.57 Å². The number of allylic oxidation sites excluding steroid dienone is 2. The van der Waals surface area contributed by atoms with Crippen molar-refractivity contribution in [1.82, 2.24) is 0 Å². The zero-order valence-corrected chi connectivity index (χ0v) is 12.4. The highest BCUT2D eigenvalue weighted by Crippen LogP contribution is 2.39. The smallest absolute Gasteiger partial charge is 0.342 e. The molecule has 0 amide bonds. The molecular weight excluding hydrogens is 268 g/mol. The Kier molecular flexibility index (Phi) is 4.58. The van der Waals surface area contributed by atoms with E-state index < -0.39 is 11.9 Å². The molecule has 110 valence electrons. The van der Waals surface area contributed by atoms with E-state index in [1.165, 1.54) is 6.92 Å². The standard InChI is InChI=1S/C17H18O4/c1-4-20-17(19)15-14(13-8-6-5-7-9-13)10-11(2)16(15)21-12(3)18/h5-9H,4,10H2,1-3H3. The molecule has 0 saturated heterocycles. The predicted molar refractivity (Wildman–Crippen MR) is 79.1 cm³/mol. The van der Waals surface area contributed by atoms with Gasteiger partial charge in [-0.15, -0.1) is 0 Å². The van der Waals surface area contributed by atoms with Gasteiger partial charge in [-0.1, -0.05) is 30.3 Å². The topological polar surface area (TPSA) is 52.6 Å². The summed E-state index contributed by atoms with van der Waals surface area (Å²) in [6.45, 7) is 5.20. The number of hydrogen-bond acceptors (Lipinski definition) is 4. The van der Waals surface area contributed by atoms with Gasteiger partial charge in [-0.3, -0.25) is 4.79 Å². The van der Waals surface area contributed by atoms with E-state index in [1.807, 2.05) is 37.3 Å². The fourth-order valence-electron chi connectivity index (χ4n) is 2.37. The van der Waals surface area contributed by atoms with Crippen molar-refractivity contribution >= 4 is 17.5 Å². The van der Waals surface area contributed by atoms with Crippen LogP contribution in [0.15, 0.2) is 47.2 Å². The Hall–Kier alpha value is -2.36. The van der Waals surface area contributed by atoms with Gasteiger partial charge >= 0.3 is 11.9 Å². The summed E-state index contributed by atoms with van der Waals surface area (Å²) >= 11 is 0. The summed E-state index contributed by atoms with van der Waals surface area (Å²) in [5.74, 6) is -0.565. The van der Waals surface area contributed by atoms with Gasteiger partial charge in [0.25, 0.3) is 0 Å². The fourth-order valence-corrected chi connectivity index (χ4v) is 2.37. The number of benzene rings is 1. The minimum Gasteiger partial charge on any atom is -0.462 e. The minimum atomic E-state index is -0.454. The molecule has 1 aliphatic rings. The van der Waals surface area contributed by atoms with Crippen molar-refractivity contribution in [3.8, 4) is 0 Å². The molecule has 0 aliphatic heterocycles. The van der Waals surface area contributed by atoms with E-state index in [9.17, 15) is 9.59 Å². The Bertz CT molecular complexity index is 623. The van der Waals surface area contributed by atoms with Crippen LogP contribution < -0.4 is 0 Å². The minimum absolute atomic E-state index is 0.275. The number of ether oxygens (including phenoxy) is 2. The number of carbonyl (C=O) groups excluding carboxylic acids is 2. The van der Waals surface area contributed by atoms with Crippen LogP contribution in [-0.4, -0.2) is 18.5 Å². The normalized spacial score (nSPS) is 14.4. The van der Waals surface area contributed by atoms with E-state index in [-0.39, 0.29) is 6.61 Å². The molecule has 0 heterocycles. The van der Waals surface area contributed by atoms with Crippen LogP contribution in [0, 0.1) is 0 Å². The van der Waals surface area contributed by atoms with Crippen molar-refractivity contribution in [2.75, 3.05) is 6.61 Å². The molecule has 1 aromatic carbocycles. The van der Waals surface area contributed by atoms with Gasteiger partial charge in [-0.05, 0) is 37.0 Å². The molecule has 0 aromatic heterocycles. The highest BCUT2D eigenvalue weighted by atomic mass is 16.6. The second kappa shape index (κ2) is 6.39. The third-order valence-electron chi connectivity index (χ3n) is 3.21. The second-order valence-electron chi connectivity index (χ2n) is 4.82. The lowest BCUT2D eigenvalue weighted by atomic mass is 10.0. The van der Waals surface area contributed by atoms with Gasteiger partial charge < -0.3 is 9.47 Å². The van der Waals surface area contributed by atoms with Crippen molar-refractivity contribution in [3.63, 3.8) is 0 Å². The Morgan fingerprint density at radius 2 is 1.86 bits per heavy atom. The maximum Gasteiger partial charge on any atom is 0.342 e. The van der Waals surface area contributed by atoms with E-state index in [0.29, 0.717) is 17.8 Å². The molecule has 0 N–H and O–H groups in total. The van der Waals surface area contributed by atoms with Crippen LogP contribution in [0.5, 0.6) is 0 Å². The van der Waals surface area contributed by atoms with E-state index in [1.54, 1.807) is 6.92 Å². The molecular formula is C17H18O4. The fraction of sp³-hybridized carbons (Fsp3) is 0.294. The molecule has 1 aliphatic carbocycles. The molecule has 0 bridgehead atoms. The lowest BCUT2D eigenvalue weighted by molar-refractivity contribution is -0.139. The van der Waals surface area contributed by atoms with Crippen LogP contribution in [0.3, 0.4) is 0 Å². The summed E-state index contributed by atoms with van der Waals surface area (Å²) in [6.07, 6.45) is 0.570. The SMILES string of the molecule is CCOC(=O)C1=C(c2ccccc2)CC(C)=C1OC(C)=O. The number of esters is 2. The average Bonchev–Trinajstić information content (AvgIpc) is 2.77. The summed E-state index contributed by atoms with van der Waals surface area (Å²) < 4.78 is 10.4. The maximum atomic E-state index is 12.3. The quantitative estimate of drug-likeness (QED) is 0.797. The van der Waals surface area contributed by atoms with Gasteiger partial charge in [0.05, 0.1) is 6.61 Å². The van der Waals surface area contributed by atoms with Gasteiger partial charge in [0.15, 0.2) is 0 Å². The molecule has 4 heteroatoms. The largest absolute Gasteiger partial charge is 0.462 e. The molecule has 4 nitrogen and oxygen atoms in total. The Labute approximate surface area is 124 Å². The maximum absolute atomic E-state index is 12.3. The van der Waals surface area contributed by atoms with E-state index >= 15 is 0 Å². The van der Waals surface area contributed by atoms with Crippen LogP contribution in [0.4, 0.5) is 0 Å². The summed E-state index contributed by atoms with van der Waals surface area (Å²) in [7, 11) is 0. The first kappa shape index (κ1) is 15.0. The third-order valence-corrected chi connectivity index (χ3v) is 3.21. The number of hydrogen-bond donors (Lipinski definition) is 0. The van der Waals surface area contributed by atoms with Crippen LogP contribution >= 0.6 is 0 Å². The average molecular weight is 286 g/mol. The lowest BCUT2D eigenvalue weighted by Crippen LogP contribution is -2.13. The molecule has 0 saturated carbocycles. The van der Waals surface area contributed by atoms with Gasteiger partial charge in [-0.25, -0.2) is 4.79 Å². The Balaban J connectivity index is 2.50. The monoisotopic (exact) mass is 286 g/mol. The number of rotatable bonds is 4. The van der Waals surface area contributed by atoms with Crippen molar-refractivity contribution in [2.24, 2.45) is 0 Å². The Morgan fingerprint density at radius 1 is 1.19 bits per heavy atom. The summed E-state index contributed by atoms with van der Waals surface area (Å²) in [5, 5.41) is 0. The first-order chi connectivity index (χ1) is 10.0. The molecule has 0 unspecified atom stereocenters. The van der Waals surface area contributed by atoms with Crippen LogP contribution in [0.2, 0.25) is 0 Å². The highest BCUT2D eigenvalue weighted by Gasteiger charge is 2.31. The summed E-state index contributed by atoms with van der Waals surface area (Å²) in [5.41, 5.74) is 2.98. The van der Waals surface area contributed by atoms with Gasteiger partial charge in [0, 0.05) is 6.92 Å². The van der Waals surface area contributed by atoms with E-state index in [0.717, 1.165) is 16.7 Å². The first-order valence-electron chi connectivity index (χ1n) is 6.88. The van der Waals surface area contributed by atoms with Gasteiger partial charge in [0.1, 0.15) is 11.3 Å². The van der Waals surface area contributed by atoms with Crippen LogP contribution in [0.1, 0.15) is 32.8 Å². The molecule has 0 radical (unpaired) electrons. The Morgan fingerprint density at radius 3 is 2.43 bits per heavy atom. The zero-order chi connectivity index (χ0) is 15.4. The van der Waals surface area contributed by atoms with Gasteiger partial charge in [-0.2, -0.15) is 0 Å². The summed E-state index contributed by atoms with van der Waals surface area (Å²) in [6, 6.07) is 9.59. The van der Waals surface area contributed by atoms with Gasteiger partial charge in [0.2, 0.25) is 0 Å². The molecule has 1 aromatic rings. The highest BCUT2D eigenvalue weighted by molar-refractivity contribution is 6.04. The zero-order valence-electron chi connectivity index (χ0n) is 12.4. The van der Waals surface area contributed by atoms with Crippen molar-refractivity contribution in [1.29, 1.82) is 0 Å². The first-order valence-corrected chi connectivity index (χ1v) is 6.88. The lowest BCUT2D eigenvalue weighted by Gasteiger charge is -2.10. The van der Waals surface area contributed by atoms with Crippen molar-refractivity contribution < 1.29 is 19.1 Å². The van der Waals surface area contributed by atoms with E-state index in [4.69, 9.17) is 9.47 Å².